The second kappa shape index (κ2) is 6.56. The summed E-state index contributed by atoms with van der Waals surface area (Å²) in [6, 6.07) is -1.10. The molecule has 6 nitrogen and oxygen atoms in total. The van der Waals surface area contributed by atoms with Gasteiger partial charge < -0.3 is 11.5 Å². The maximum Gasteiger partial charge on any atom is 0.318 e. The molecule has 0 aromatic rings. The molecule has 0 aromatic carbocycles. The van der Waals surface area contributed by atoms with Crippen LogP contribution in [-0.2, 0) is 4.79 Å². The van der Waals surface area contributed by atoms with Gasteiger partial charge in [0.2, 0.25) is 5.91 Å². The zero-order valence-electron chi connectivity index (χ0n) is 10.3. The molecule has 5 N–H and O–H groups in total. The number of likely N-dealkylation sites (tertiary alicyclic amines) is 1. The molecule has 0 spiro atoms. The molecule has 3 amide bonds. The lowest BCUT2D eigenvalue weighted by atomic mass is 9.93. The van der Waals surface area contributed by atoms with Gasteiger partial charge in [-0.2, -0.15) is 0 Å². The molecule has 0 aromatic heterocycles. The van der Waals surface area contributed by atoms with Crippen LogP contribution >= 0.6 is 0 Å². The topological polar surface area (TPSA) is 101 Å². The summed E-state index contributed by atoms with van der Waals surface area (Å²) in [5, 5.41) is 2.11. The highest BCUT2D eigenvalue weighted by Crippen LogP contribution is 2.21. The molecule has 1 aliphatic heterocycles. The Kier molecular flexibility index (Phi) is 5.37. The van der Waals surface area contributed by atoms with Gasteiger partial charge in [-0.05, 0) is 51.7 Å². The minimum atomic E-state index is -0.792. The Balaban J connectivity index is 2.37. The third-order valence-corrected chi connectivity index (χ3v) is 3.40. The summed E-state index contributed by atoms with van der Waals surface area (Å²) in [6.07, 6.45) is 3.17. The highest BCUT2D eigenvalue weighted by atomic mass is 16.2. The van der Waals surface area contributed by atoms with E-state index >= 15 is 0 Å². The van der Waals surface area contributed by atoms with E-state index in [0.29, 0.717) is 5.92 Å². The van der Waals surface area contributed by atoms with E-state index in [1.807, 2.05) is 0 Å². The Labute approximate surface area is 102 Å². The third kappa shape index (κ3) is 4.32. The summed E-state index contributed by atoms with van der Waals surface area (Å²) in [5.74, 6) is 0.345. The Morgan fingerprint density at radius 1 is 1.41 bits per heavy atom. The number of imide groups is 1. The zero-order valence-corrected chi connectivity index (χ0v) is 10.3. The van der Waals surface area contributed by atoms with E-state index < -0.39 is 6.03 Å². The van der Waals surface area contributed by atoms with Gasteiger partial charge in [-0.1, -0.05) is 0 Å². The van der Waals surface area contributed by atoms with Crippen LogP contribution in [0.4, 0.5) is 4.79 Å². The van der Waals surface area contributed by atoms with Crippen LogP contribution < -0.4 is 16.8 Å². The molecular weight excluding hydrogens is 220 g/mol. The number of piperidine rings is 1. The molecule has 1 rings (SSSR count). The lowest BCUT2D eigenvalue weighted by Crippen LogP contribution is -2.50. The summed E-state index contributed by atoms with van der Waals surface area (Å²) < 4.78 is 0. The van der Waals surface area contributed by atoms with Gasteiger partial charge in [0.15, 0.2) is 0 Å². The molecule has 1 aliphatic rings. The Morgan fingerprint density at radius 3 is 2.47 bits per heavy atom. The number of rotatable bonds is 4. The second-order valence-corrected chi connectivity index (χ2v) is 4.59. The molecular formula is C11H22N4O2. The number of hydrogen-bond donors (Lipinski definition) is 3. The lowest BCUT2D eigenvalue weighted by molar-refractivity contribution is -0.125. The molecule has 17 heavy (non-hydrogen) atoms. The van der Waals surface area contributed by atoms with Crippen LogP contribution in [0.5, 0.6) is 0 Å². The standard InChI is InChI=1S/C11H22N4O2/c1-8(10(16)14-11(13)17)15-6-3-9(2-5-12)4-7-15/h8-9H,2-7,12H2,1H3,(H3,13,14,16,17). The van der Waals surface area contributed by atoms with Crippen LogP contribution in [0.15, 0.2) is 0 Å². The summed E-state index contributed by atoms with van der Waals surface area (Å²) in [6.45, 7) is 4.26. The number of urea groups is 1. The molecule has 0 radical (unpaired) electrons. The van der Waals surface area contributed by atoms with Gasteiger partial charge in [0.1, 0.15) is 0 Å². The number of carbonyl (C=O) groups is 2. The fourth-order valence-corrected chi connectivity index (χ4v) is 2.26. The van der Waals surface area contributed by atoms with Gasteiger partial charge in [0.25, 0.3) is 0 Å². The summed E-state index contributed by atoms with van der Waals surface area (Å²) in [7, 11) is 0. The Morgan fingerprint density at radius 2 is 2.00 bits per heavy atom. The van der Waals surface area contributed by atoms with Crippen LogP contribution in [0.1, 0.15) is 26.2 Å². The predicted molar refractivity (Wildman–Crippen MR) is 65.2 cm³/mol. The molecule has 1 fully saturated rings. The lowest BCUT2D eigenvalue weighted by Gasteiger charge is -2.35. The van der Waals surface area contributed by atoms with E-state index in [-0.39, 0.29) is 11.9 Å². The quantitative estimate of drug-likeness (QED) is 0.626. The number of primary amides is 1. The van der Waals surface area contributed by atoms with Gasteiger partial charge in [-0.25, -0.2) is 4.79 Å². The maximum atomic E-state index is 11.6. The Bertz CT molecular complexity index is 275. The van der Waals surface area contributed by atoms with Crippen molar-refractivity contribution in [1.29, 1.82) is 0 Å². The van der Waals surface area contributed by atoms with Crippen molar-refractivity contribution in [3.63, 3.8) is 0 Å². The summed E-state index contributed by atoms with van der Waals surface area (Å²) in [5.41, 5.74) is 10.4. The number of nitrogens with two attached hydrogens (primary N) is 2. The maximum absolute atomic E-state index is 11.6. The average Bonchev–Trinajstić information content (AvgIpc) is 2.28. The van der Waals surface area contributed by atoms with Gasteiger partial charge >= 0.3 is 6.03 Å². The molecule has 1 unspecified atom stereocenters. The molecule has 1 atom stereocenters. The summed E-state index contributed by atoms with van der Waals surface area (Å²) in [4.78, 5) is 24.3. The van der Waals surface area contributed by atoms with E-state index in [0.717, 1.165) is 38.9 Å². The summed E-state index contributed by atoms with van der Waals surface area (Å²) >= 11 is 0. The molecule has 0 bridgehead atoms. The van der Waals surface area contributed by atoms with Crippen molar-refractivity contribution in [2.24, 2.45) is 17.4 Å². The molecule has 98 valence electrons. The number of nitrogens with one attached hydrogen (secondary N) is 1. The van der Waals surface area contributed by atoms with Crippen molar-refractivity contribution in [3.05, 3.63) is 0 Å². The smallest absolute Gasteiger partial charge is 0.318 e. The highest BCUT2D eigenvalue weighted by Gasteiger charge is 2.26. The van der Waals surface area contributed by atoms with Crippen LogP contribution in [-0.4, -0.2) is 42.5 Å². The molecule has 6 heteroatoms. The number of hydrogen-bond acceptors (Lipinski definition) is 4. The normalized spacial score (nSPS) is 19.9. The van der Waals surface area contributed by atoms with Crippen LogP contribution in [0.3, 0.4) is 0 Å². The van der Waals surface area contributed by atoms with Gasteiger partial charge in [0.05, 0.1) is 6.04 Å². The molecule has 0 aliphatic carbocycles. The monoisotopic (exact) mass is 242 g/mol. The number of amides is 3. The second-order valence-electron chi connectivity index (χ2n) is 4.59. The van der Waals surface area contributed by atoms with Crippen molar-refractivity contribution < 1.29 is 9.59 Å². The molecule has 1 saturated heterocycles. The van der Waals surface area contributed by atoms with Crippen molar-refractivity contribution in [1.82, 2.24) is 10.2 Å². The fraction of sp³-hybridized carbons (Fsp3) is 0.818. The number of nitrogens with zero attached hydrogens (tertiary/aromatic N) is 1. The first-order valence-electron chi connectivity index (χ1n) is 6.09. The molecule has 1 heterocycles. The van der Waals surface area contributed by atoms with Gasteiger partial charge in [-0.3, -0.25) is 15.0 Å². The van der Waals surface area contributed by atoms with Crippen LogP contribution in [0.25, 0.3) is 0 Å². The fourth-order valence-electron chi connectivity index (χ4n) is 2.26. The van der Waals surface area contributed by atoms with Crippen molar-refractivity contribution >= 4 is 11.9 Å². The first kappa shape index (κ1) is 13.9. The van der Waals surface area contributed by atoms with E-state index in [2.05, 4.69) is 10.2 Å². The van der Waals surface area contributed by atoms with Crippen LogP contribution in [0, 0.1) is 5.92 Å². The van der Waals surface area contributed by atoms with Crippen molar-refractivity contribution in [3.8, 4) is 0 Å². The van der Waals surface area contributed by atoms with E-state index in [4.69, 9.17) is 11.5 Å². The first-order chi connectivity index (χ1) is 8.04. The van der Waals surface area contributed by atoms with E-state index in [1.54, 1.807) is 6.92 Å². The SMILES string of the molecule is CC(C(=O)NC(N)=O)N1CCC(CCN)CC1. The first-order valence-corrected chi connectivity index (χ1v) is 6.09. The third-order valence-electron chi connectivity index (χ3n) is 3.40. The largest absolute Gasteiger partial charge is 0.351 e. The van der Waals surface area contributed by atoms with E-state index in [9.17, 15) is 9.59 Å². The highest BCUT2D eigenvalue weighted by molar-refractivity contribution is 5.96. The van der Waals surface area contributed by atoms with E-state index in [1.165, 1.54) is 0 Å². The minimum Gasteiger partial charge on any atom is -0.351 e. The van der Waals surface area contributed by atoms with Crippen molar-refractivity contribution in [2.45, 2.75) is 32.2 Å². The Hall–Kier alpha value is -1.14. The predicted octanol–water partition coefficient (Wildman–Crippen LogP) is -0.369. The van der Waals surface area contributed by atoms with Crippen LogP contribution in [0.2, 0.25) is 0 Å². The number of carbonyl (C=O) groups excluding carboxylic acids is 2. The van der Waals surface area contributed by atoms with Gasteiger partial charge in [0, 0.05) is 0 Å². The van der Waals surface area contributed by atoms with Crippen molar-refractivity contribution in [2.75, 3.05) is 19.6 Å². The minimum absolute atomic E-state index is 0.304. The molecule has 0 saturated carbocycles. The zero-order chi connectivity index (χ0) is 12.8. The average molecular weight is 242 g/mol. The van der Waals surface area contributed by atoms with Gasteiger partial charge in [-0.15, -0.1) is 0 Å².